The van der Waals surface area contributed by atoms with Gasteiger partial charge in [0.05, 0.1) is 0 Å². The summed E-state index contributed by atoms with van der Waals surface area (Å²) >= 11 is 3.60. The van der Waals surface area contributed by atoms with Gasteiger partial charge in [0.1, 0.15) is 11.6 Å². The van der Waals surface area contributed by atoms with E-state index in [0.29, 0.717) is 18.3 Å². The van der Waals surface area contributed by atoms with E-state index in [1.54, 1.807) is 0 Å². The highest BCUT2D eigenvalue weighted by atomic mass is 79.9. The normalized spacial score (nSPS) is 26.0. The Labute approximate surface area is 115 Å². The van der Waals surface area contributed by atoms with Crippen molar-refractivity contribution >= 4 is 15.9 Å². The molecule has 100 valence electrons. The van der Waals surface area contributed by atoms with Crippen LogP contribution < -0.4 is 0 Å². The predicted octanol–water partition coefficient (Wildman–Crippen LogP) is 3.94. The molecule has 0 radical (unpaired) electrons. The van der Waals surface area contributed by atoms with E-state index in [1.165, 1.54) is 18.2 Å². The van der Waals surface area contributed by atoms with E-state index >= 15 is 0 Å². The van der Waals surface area contributed by atoms with Crippen LogP contribution in [0.15, 0.2) is 18.2 Å². The molecule has 1 fully saturated rings. The summed E-state index contributed by atoms with van der Waals surface area (Å²) in [7, 11) is 0. The topological polar surface area (TPSA) is 9.23 Å². The second-order valence-corrected chi connectivity index (χ2v) is 6.10. The van der Waals surface area contributed by atoms with Gasteiger partial charge in [-0.1, -0.05) is 28.9 Å². The molecule has 1 aliphatic rings. The van der Waals surface area contributed by atoms with Crippen molar-refractivity contribution in [3.8, 4) is 0 Å². The third kappa shape index (κ3) is 3.09. The molecule has 0 bridgehead atoms. The van der Waals surface area contributed by atoms with Gasteiger partial charge in [0.15, 0.2) is 0 Å². The molecule has 1 nitrogen and oxygen atoms in total. The minimum absolute atomic E-state index is 0.0859. The number of hydrogen-bond donors (Lipinski definition) is 0. The maximum atomic E-state index is 13.6. The van der Waals surface area contributed by atoms with Crippen LogP contribution in [0.4, 0.5) is 8.78 Å². The van der Waals surface area contributed by atoms with E-state index in [-0.39, 0.29) is 10.4 Å². The summed E-state index contributed by atoms with van der Waals surface area (Å²) in [5.74, 6) is -0.103. The molecule has 1 aromatic carbocycles. The molecule has 1 heterocycles. The predicted molar refractivity (Wildman–Crippen MR) is 70.9 cm³/mol. The van der Waals surface area contributed by atoms with Gasteiger partial charge in [0.25, 0.3) is 0 Å². The zero-order chi connectivity index (χ0) is 13.1. The Morgan fingerprint density at radius 3 is 2.67 bits per heavy atom. The van der Waals surface area contributed by atoms with Gasteiger partial charge in [0, 0.05) is 23.6 Å². The summed E-state index contributed by atoms with van der Waals surface area (Å²) in [5, 5.41) is 0. The highest BCUT2D eigenvalue weighted by Gasteiger charge is 2.29. The molecule has 3 atom stereocenters. The quantitative estimate of drug-likeness (QED) is 0.767. The van der Waals surface area contributed by atoms with Crippen LogP contribution in [0.1, 0.15) is 18.9 Å². The Morgan fingerprint density at radius 1 is 1.39 bits per heavy atom. The van der Waals surface area contributed by atoms with Crippen molar-refractivity contribution in [2.75, 3.05) is 13.2 Å². The number of rotatable bonds is 3. The highest BCUT2D eigenvalue weighted by Crippen LogP contribution is 2.32. The van der Waals surface area contributed by atoms with Gasteiger partial charge < -0.3 is 4.74 Å². The first-order valence-corrected chi connectivity index (χ1v) is 7.16. The zero-order valence-electron chi connectivity index (χ0n) is 10.3. The zero-order valence-corrected chi connectivity index (χ0v) is 11.9. The van der Waals surface area contributed by atoms with Crippen LogP contribution in [0.3, 0.4) is 0 Å². The van der Waals surface area contributed by atoms with Crippen LogP contribution in [-0.4, -0.2) is 18.0 Å². The summed E-state index contributed by atoms with van der Waals surface area (Å²) in [4.78, 5) is 0.0859. The molecule has 0 aromatic heterocycles. The number of alkyl halides is 1. The minimum Gasteiger partial charge on any atom is -0.381 e. The Kier molecular flexibility index (Phi) is 4.73. The maximum Gasteiger partial charge on any atom is 0.129 e. The SMILES string of the molecule is CC1COCCC1C(Br)Cc1c(F)cccc1F. The Balaban J connectivity index is 2.08. The molecule has 0 saturated carbocycles. The molecular weight excluding hydrogens is 302 g/mol. The Hall–Kier alpha value is -0.480. The molecule has 0 spiro atoms. The summed E-state index contributed by atoms with van der Waals surface area (Å²) in [5.41, 5.74) is 0.179. The third-order valence-electron chi connectivity index (χ3n) is 3.63. The third-order valence-corrected chi connectivity index (χ3v) is 4.64. The van der Waals surface area contributed by atoms with Gasteiger partial charge in [-0.2, -0.15) is 0 Å². The van der Waals surface area contributed by atoms with E-state index < -0.39 is 11.6 Å². The number of ether oxygens (including phenoxy) is 1. The summed E-state index contributed by atoms with van der Waals surface area (Å²) in [6.07, 6.45) is 1.32. The van der Waals surface area contributed by atoms with Gasteiger partial charge in [-0.25, -0.2) is 8.78 Å². The van der Waals surface area contributed by atoms with Gasteiger partial charge in [-0.15, -0.1) is 0 Å². The fourth-order valence-electron chi connectivity index (χ4n) is 2.51. The number of halogens is 3. The largest absolute Gasteiger partial charge is 0.381 e. The fraction of sp³-hybridized carbons (Fsp3) is 0.571. The van der Waals surface area contributed by atoms with Gasteiger partial charge in [-0.05, 0) is 36.8 Å². The fourth-order valence-corrected chi connectivity index (χ4v) is 3.62. The average Bonchev–Trinajstić information content (AvgIpc) is 2.34. The average molecular weight is 319 g/mol. The monoisotopic (exact) mass is 318 g/mol. The van der Waals surface area contributed by atoms with E-state index in [9.17, 15) is 8.78 Å². The molecule has 4 heteroatoms. The summed E-state index contributed by atoms with van der Waals surface area (Å²) in [6, 6.07) is 4.02. The van der Waals surface area contributed by atoms with Crippen LogP contribution in [-0.2, 0) is 11.2 Å². The molecule has 18 heavy (non-hydrogen) atoms. The van der Waals surface area contributed by atoms with Crippen molar-refractivity contribution in [3.05, 3.63) is 35.4 Å². The highest BCUT2D eigenvalue weighted by molar-refractivity contribution is 9.09. The van der Waals surface area contributed by atoms with Crippen LogP contribution >= 0.6 is 15.9 Å². The second-order valence-electron chi connectivity index (χ2n) is 4.93. The van der Waals surface area contributed by atoms with Crippen molar-refractivity contribution < 1.29 is 13.5 Å². The Bertz CT molecular complexity index is 391. The first-order chi connectivity index (χ1) is 8.59. The lowest BCUT2D eigenvalue weighted by Gasteiger charge is -2.32. The van der Waals surface area contributed by atoms with Crippen LogP contribution in [0.2, 0.25) is 0 Å². The van der Waals surface area contributed by atoms with Gasteiger partial charge >= 0.3 is 0 Å². The molecule has 3 unspecified atom stereocenters. The van der Waals surface area contributed by atoms with Crippen LogP contribution in [0.25, 0.3) is 0 Å². The summed E-state index contributed by atoms with van der Waals surface area (Å²) in [6.45, 7) is 3.58. The standard InChI is InChI=1S/C14H17BrF2O/c1-9-8-18-6-5-10(9)12(15)7-11-13(16)3-2-4-14(11)17/h2-4,9-10,12H,5-8H2,1H3. The van der Waals surface area contributed by atoms with Crippen LogP contribution in [0.5, 0.6) is 0 Å². The molecule has 1 aliphatic heterocycles. The lowest BCUT2D eigenvalue weighted by molar-refractivity contribution is 0.0241. The van der Waals surface area contributed by atoms with Crippen molar-refractivity contribution in [1.82, 2.24) is 0 Å². The minimum atomic E-state index is -0.459. The molecule has 1 saturated heterocycles. The lowest BCUT2D eigenvalue weighted by atomic mass is 9.85. The van der Waals surface area contributed by atoms with Crippen molar-refractivity contribution in [1.29, 1.82) is 0 Å². The van der Waals surface area contributed by atoms with Crippen LogP contribution in [0, 0.1) is 23.5 Å². The molecule has 0 amide bonds. The Morgan fingerprint density at radius 2 is 2.06 bits per heavy atom. The second kappa shape index (κ2) is 6.11. The molecule has 1 aromatic rings. The lowest BCUT2D eigenvalue weighted by Crippen LogP contribution is -2.32. The van der Waals surface area contributed by atoms with E-state index in [2.05, 4.69) is 22.9 Å². The first kappa shape index (κ1) is 13.9. The van der Waals surface area contributed by atoms with E-state index in [4.69, 9.17) is 4.74 Å². The van der Waals surface area contributed by atoms with Crippen molar-refractivity contribution in [2.45, 2.75) is 24.6 Å². The molecule has 2 rings (SSSR count). The molecular formula is C14H17BrF2O. The first-order valence-electron chi connectivity index (χ1n) is 6.24. The molecule has 0 N–H and O–H groups in total. The summed E-state index contributed by atoms with van der Waals surface area (Å²) < 4.78 is 32.6. The smallest absolute Gasteiger partial charge is 0.129 e. The van der Waals surface area contributed by atoms with Gasteiger partial charge in [-0.3, -0.25) is 0 Å². The van der Waals surface area contributed by atoms with Gasteiger partial charge in [0.2, 0.25) is 0 Å². The van der Waals surface area contributed by atoms with E-state index in [0.717, 1.165) is 19.6 Å². The van der Waals surface area contributed by atoms with Crippen molar-refractivity contribution in [2.24, 2.45) is 11.8 Å². The van der Waals surface area contributed by atoms with Crippen molar-refractivity contribution in [3.63, 3.8) is 0 Å². The number of benzene rings is 1. The maximum absolute atomic E-state index is 13.6. The van der Waals surface area contributed by atoms with E-state index in [1.807, 2.05) is 0 Å². The molecule has 0 aliphatic carbocycles. The number of hydrogen-bond acceptors (Lipinski definition) is 1.